The first-order valence-corrected chi connectivity index (χ1v) is 7.78. The minimum absolute atomic E-state index is 0. The van der Waals surface area contributed by atoms with Crippen LogP contribution in [0.2, 0.25) is 0 Å². The molecular weight excluding hydrogens is 324 g/mol. The molecule has 4 nitrogen and oxygen atoms in total. The molecule has 1 aromatic carbocycles. The zero-order chi connectivity index (χ0) is 15.7. The second kappa shape index (κ2) is 7.55. The van der Waals surface area contributed by atoms with Gasteiger partial charge in [-0.1, -0.05) is 6.07 Å². The maximum absolute atomic E-state index is 13.9. The molecule has 3 rings (SSSR count). The highest BCUT2D eigenvalue weighted by Gasteiger charge is 2.39. The molecule has 2 fully saturated rings. The molecule has 0 radical (unpaired) electrons. The van der Waals surface area contributed by atoms with E-state index in [4.69, 9.17) is 0 Å². The van der Waals surface area contributed by atoms with Crippen LogP contribution in [0.15, 0.2) is 18.2 Å². The fourth-order valence-corrected chi connectivity index (χ4v) is 3.50. The van der Waals surface area contributed by atoms with E-state index in [2.05, 4.69) is 10.2 Å². The third-order valence-electron chi connectivity index (χ3n) is 4.69. The second-order valence-corrected chi connectivity index (χ2v) is 5.99. The van der Waals surface area contributed by atoms with Gasteiger partial charge in [-0.3, -0.25) is 9.69 Å². The number of carbonyl (C=O) groups is 1. The van der Waals surface area contributed by atoms with Crippen LogP contribution < -0.4 is 10.2 Å². The average Bonchev–Trinajstić information content (AvgIpc) is 2.89. The number of hydrogen-bond acceptors (Lipinski definition) is 3. The zero-order valence-electron chi connectivity index (χ0n) is 13.1. The van der Waals surface area contributed by atoms with E-state index in [1.165, 1.54) is 23.1 Å². The van der Waals surface area contributed by atoms with Crippen LogP contribution in [-0.4, -0.2) is 49.6 Å². The molecule has 0 spiro atoms. The highest BCUT2D eigenvalue weighted by molar-refractivity contribution is 5.99. The van der Waals surface area contributed by atoms with Gasteiger partial charge in [-0.15, -0.1) is 12.4 Å². The van der Waals surface area contributed by atoms with E-state index >= 15 is 0 Å². The van der Waals surface area contributed by atoms with Crippen LogP contribution >= 0.6 is 12.4 Å². The number of anilines is 1. The summed E-state index contributed by atoms with van der Waals surface area (Å²) in [5.41, 5.74) is -0.211. The maximum Gasteiger partial charge on any atom is 0.244 e. The van der Waals surface area contributed by atoms with E-state index in [0.29, 0.717) is 19.0 Å². The van der Waals surface area contributed by atoms with Gasteiger partial charge in [0.15, 0.2) is 0 Å². The largest absolute Gasteiger partial charge is 0.316 e. The summed E-state index contributed by atoms with van der Waals surface area (Å²) >= 11 is 0. The summed E-state index contributed by atoms with van der Waals surface area (Å²) in [6.07, 6.45) is 2.74. The Morgan fingerprint density at radius 1 is 1.17 bits per heavy atom. The smallest absolute Gasteiger partial charge is 0.244 e. The number of amides is 1. The van der Waals surface area contributed by atoms with Crippen molar-refractivity contribution < 1.29 is 13.6 Å². The van der Waals surface area contributed by atoms with E-state index in [1.807, 2.05) is 7.05 Å². The highest BCUT2D eigenvalue weighted by Crippen LogP contribution is 2.30. The number of halogens is 3. The number of nitrogens with zero attached hydrogens (tertiary/aromatic N) is 2. The predicted molar refractivity (Wildman–Crippen MR) is 88.0 cm³/mol. The number of piperidine rings is 1. The van der Waals surface area contributed by atoms with Crippen LogP contribution in [0.25, 0.3) is 0 Å². The van der Waals surface area contributed by atoms with Crippen molar-refractivity contribution in [1.82, 2.24) is 10.2 Å². The summed E-state index contributed by atoms with van der Waals surface area (Å²) in [4.78, 5) is 16.0. The quantitative estimate of drug-likeness (QED) is 0.912. The Bertz CT molecular complexity index is 552. The van der Waals surface area contributed by atoms with Crippen LogP contribution in [0, 0.1) is 11.6 Å². The minimum atomic E-state index is -0.680. The third kappa shape index (κ3) is 3.49. The van der Waals surface area contributed by atoms with Crippen molar-refractivity contribution in [1.29, 1.82) is 0 Å². The summed E-state index contributed by atoms with van der Waals surface area (Å²) in [7, 11) is 1.92. The maximum atomic E-state index is 13.9. The molecular formula is C16H22ClF2N3O. The highest BCUT2D eigenvalue weighted by atomic mass is 35.5. The van der Waals surface area contributed by atoms with E-state index in [9.17, 15) is 13.6 Å². The molecule has 0 saturated carbocycles. The fourth-order valence-electron chi connectivity index (χ4n) is 3.50. The summed E-state index contributed by atoms with van der Waals surface area (Å²) in [6, 6.07) is 3.80. The first-order chi connectivity index (χ1) is 10.6. The van der Waals surface area contributed by atoms with Gasteiger partial charge in [0.05, 0.1) is 6.04 Å². The molecule has 2 saturated heterocycles. The van der Waals surface area contributed by atoms with Gasteiger partial charge < -0.3 is 10.2 Å². The first kappa shape index (κ1) is 18.1. The number of nitrogens with one attached hydrogen (secondary N) is 1. The van der Waals surface area contributed by atoms with Gasteiger partial charge in [-0.05, 0) is 45.0 Å². The van der Waals surface area contributed by atoms with Crippen LogP contribution in [0.4, 0.5) is 14.5 Å². The van der Waals surface area contributed by atoms with Crippen molar-refractivity contribution in [3.63, 3.8) is 0 Å². The zero-order valence-corrected chi connectivity index (χ0v) is 13.9. The SMILES string of the molecule is CNC1CCCN(C2CCN(c3c(F)cccc3F)C2=O)C1.Cl. The van der Waals surface area contributed by atoms with Crippen molar-refractivity contribution in [2.24, 2.45) is 0 Å². The summed E-state index contributed by atoms with van der Waals surface area (Å²) in [5, 5.41) is 3.25. The predicted octanol–water partition coefficient (Wildman–Crippen LogP) is 2.18. The third-order valence-corrected chi connectivity index (χ3v) is 4.69. The molecule has 0 aromatic heterocycles. The van der Waals surface area contributed by atoms with Crippen LogP contribution in [0.1, 0.15) is 19.3 Å². The van der Waals surface area contributed by atoms with Crippen molar-refractivity contribution in [2.45, 2.75) is 31.3 Å². The lowest BCUT2D eigenvalue weighted by atomic mass is 10.0. The van der Waals surface area contributed by atoms with Gasteiger partial charge in [0.2, 0.25) is 5.91 Å². The van der Waals surface area contributed by atoms with Crippen molar-refractivity contribution >= 4 is 24.0 Å². The fraction of sp³-hybridized carbons (Fsp3) is 0.562. The number of para-hydroxylation sites is 1. The Labute approximate surface area is 141 Å². The van der Waals surface area contributed by atoms with Gasteiger partial charge in [0.1, 0.15) is 17.3 Å². The summed E-state index contributed by atoms with van der Waals surface area (Å²) in [5.74, 6) is -1.55. The van der Waals surface area contributed by atoms with Crippen LogP contribution in [0.5, 0.6) is 0 Å². The Hall–Kier alpha value is -1.24. The minimum Gasteiger partial charge on any atom is -0.316 e. The number of hydrogen-bond donors (Lipinski definition) is 1. The number of benzene rings is 1. The summed E-state index contributed by atoms with van der Waals surface area (Å²) in [6.45, 7) is 2.03. The van der Waals surface area contributed by atoms with Gasteiger partial charge in [-0.25, -0.2) is 8.78 Å². The van der Waals surface area contributed by atoms with Gasteiger partial charge in [0.25, 0.3) is 0 Å². The molecule has 128 valence electrons. The number of likely N-dealkylation sites (tertiary alicyclic amines) is 1. The Morgan fingerprint density at radius 2 is 1.87 bits per heavy atom. The normalized spacial score (nSPS) is 25.5. The Morgan fingerprint density at radius 3 is 2.52 bits per heavy atom. The van der Waals surface area contributed by atoms with E-state index in [0.717, 1.165) is 25.9 Å². The first-order valence-electron chi connectivity index (χ1n) is 7.78. The van der Waals surface area contributed by atoms with Crippen LogP contribution in [-0.2, 0) is 4.79 Å². The Balaban J connectivity index is 0.00000192. The molecule has 0 aliphatic carbocycles. The molecule has 2 atom stereocenters. The van der Waals surface area contributed by atoms with E-state index in [-0.39, 0.29) is 30.0 Å². The standard InChI is InChI=1S/C16H21F2N3O.ClH/c1-19-11-4-3-8-20(10-11)14-7-9-21(16(14)22)15-12(17)5-2-6-13(15)18;/h2,5-6,11,14,19H,3-4,7-10H2,1H3;1H. The van der Waals surface area contributed by atoms with E-state index < -0.39 is 11.6 Å². The summed E-state index contributed by atoms with van der Waals surface area (Å²) < 4.78 is 27.8. The van der Waals surface area contributed by atoms with Gasteiger partial charge in [0, 0.05) is 19.1 Å². The second-order valence-electron chi connectivity index (χ2n) is 5.99. The molecule has 1 aromatic rings. The van der Waals surface area contributed by atoms with E-state index in [1.54, 1.807) is 0 Å². The lowest BCUT2D eigenvalue weighted by Crippen LogP contribution is -2.51. The number of carbonyl (C=O) groups excluding carboxylic acids is 1. The van der Waals surface area contributed by atoms with Crippen molar-refractivity contribution in [2.75, 3.05) is 31.6 Å². The van der Waals surface area contributed by atoms with Crippen molar-refractivity contribution in [3.05, 3.63) is 29.8 Å². The molecule has 0 bridgehead atoms. The number of rotatable bonds is 3. The lowest BCUT2D eigenvalue weighted by Gasteiger charge is -2.35. The molecule has 2 aliphatic heterocycles. The molecule has 2 aliphatic rings. The lowest BCUT2D eigenvalue weighted by molar-refractivity contribution is -0.122. The average molecular weight is 346 g/mol. The van der Waals surface area contributed by atoms with Crippen molar-refractivity contribution in [3.8, 4) is 0 Å². The monoisotopic (exact) mass is 345 g/mol. The van der Waals surface area contributed by atoms with Crippen LogP contribution in [0.3, 0.4) is 0 Å². The van der Waals surface area contributed by atoms with Gasteiger partial charge in [-0.2, -0.15) is 0 Å². The molecule has 23 heavy (non-hydrogen) atoms. The Kier molecular flexibility index (Phi) is 5.95. The molecule has 1 amide bonds. The topological polar surface area (TPSA) is 35.6 Å². The molecule has 2 heterocycles. The number of likely N-dealkylation sites (N-methyl/N-ethyl adjacent to an activating group) is 1. The molecule has 1 N–H and O–H groups in total. The molecule has 7 heteroatoms. The van der Waals surface area contributed by atoms with Gasteiger partial charge >= 0.3 is 0 Å². The molecule has 2 unspecified atom stereocenters.